The molecule has 6 nitrogen and oxygen atoms in total. The Morgan fingerprint density at radius 1 is 1.25 bits per heavy atom. The minimum absolute atomic E-state index is 0.0209. The average molecular weight is 323 g/mol. The number of carbonyl (C=O) groups is 1. The molecule has 0 aliphatic carbocycles. The standard InChI is InChI=1S/C18H21N5O/c1-21-10-9-17(20-21)18(24)22(2)15-7-11-23(12-8-15)16-5-3-14(13-19)4-6-16/h3-6,9-10,15H,7-8,11-12H2,1-2H3. The van der Waals surface area contributed by atoms with Crippen molar-refractivity contribution in [2.24, 2.45) is 7.05 Å². The highest BCUT2D eigenvalue weighted by Gasteiger charge is 2.27. The van der Waals surface area contributed by atoms with Crippen LogP contribution in [0.5, 0.6) is 0 Å². The van der Waals surface area contributed by atoms with Crippen LogP contribution in [0.3, 0.4) is 0 Å². The normalized spacial score (nSPS) is 15.1. The van der Waals surface area contributed by atoms with Crippen molar-refractivity contribution in [1.82, 2.24) is 14.7 Å². The third-order valence-electron chi connectivity index (χ3n) is 4.63. The fourth-order valence-electron chi connectivity index (χ4n) is 3.13. The Hall–Kier alpha value is -2.81. The van der Waals surface area contributed by atoms with Gasteiger partial charge in [0.2, 0.25) is 0 Å². The van der Waals surface area contributed by atoms with Crippen molar-refractivity contribution in [2.75, 3.05) is 25.0 Å². The van der Waals surface area contributed by atoms with E-state index in [9.17, 15) is 4.79 Å². The number of hydrogen-bond acceptors (Lipinski definition) is 4. The molecule has 0 N–H and O–H groups in total. The molecular weight excluding hydrogens is 302 g/mol. The molecule has 1 aromatic heterocycles. The van der Waals surface area contributed by atoms with Gasteiger partial charge in [0.25, 0.3) is 5.91 Å². The van der Waals surface area contributed by atoms with Crippen molar-refractivity contribution in [3.63, 3.8) is 0 Å². The van der Waals surface area contributed by atoms with E-state index in [0.717, 1.165) is 31.6 Å². The summed E-state index contributed by atoms with van der Waals surface area (Å²) >= 11 is 0. The lowest BCUT2D eigenvalue weighted by Gasteiger charge is -2.37. The highest BCUT2D eigenvalue weighted by atomic mass is 16.2. The molecule has 0 bridgehead atoms. The van der Waals surface area contributed by atoms with E-state index in [0.29, 0.717) is 11.3 Å². The first-order valence-electron chi connectivity index (χ1n) is 8.10. The highest BCUT2D eigenvalue weighted by Crippen LogP contribution is 2.23. The van der Waals surface area contributed by atoms with Crippen LogP contribution in [0.2, 0.25) is 0 Å². The van der Waals surface area contributed by atoms with Crippen molar-refractivity contribution in [2.45, 2.75) is 18.9 Å². The van der Waals surface area contributed by atoms with Crippen molar-refractivity contribution >= 4 is 11.6 Å². The topological polar surface area (TPSA) is 65.2 Å². The monoisotopic (exact) mass is 323 g/mol. The summed E-state index contributed by atoms with van der Waals surface area (Å²) in [5.41, 5.74) is 2.30. The summed E-state index contributed by atoms with van der Waals surface area (Å²) in [4.78, 5) is 16.6. The molecule has 1 aliphatic heterocycles. The molecule has 1 fully saturated rings. The number of hydrogen-bond donors (Lipinski definition) is 0. The number of aryl methyl sites for hydroxylation is 1. The summed E-state index contributed by atoms with van der Waals surface area (Å²) in [5, 5.41) is 13.1. The second kappa shape index (κ2) is 6.75. The molecule has 6 heteroatoms. The van der Waals surface area contributed by atoms with Crippen LogP contribution in [-0.2, 0) is 7.05 Å². The lowest BCUT2D eigenvalue weighted by molar-refractivity contribution is 0.0702. The third-order valence-corrected chi connectivity index (χ3v) is 4.63. The Kier molecular flexibility index (Phi) is 4.52. The van der Waals surface area contributed by atoms with Gasteiger partial charge in [-0.1, -0.05) is 0 Å². The van der Waals surface area contributed by atoms with Crippen LogP contribution in [0, 0.1) is 11.3 Å². The predicted molar refractivity (Wildman–Crippen MR) is 91.7 cm³/mol. The van der Waals surface area contributed by atoms with Gasteiger partial charge < -0.3 is 9.80 Å². The second-order valence-corrected chi connectivity index (χ2v) is 6.17. The number of carbonyl (C=O) groups excluding carboxylic acids is 1. The maximum Gasteiger partial charge on any atom is 0.274 e. The Bertz CT molecular complexity index is 750. The van der Waals surface area contributed by atoms with E-state index in [1.165, 1.54) is 0 Å². The maximum atomic E-state index is 12.5. The first-order chi connectivity index (χ1) is 11.6. The Morgan fingerprint density at radius 2 is 1.92 bits per heavy atom. The first kappa shape index (κ1) is 16.1. The summed E-state index contributed by atoms with van der Waals surface area (Å²) < 4.78 is 1.65. The van der Waals surface area contributed by atoms with Gasteiger partial charge in [0.15, 0.2) is 0 Å². The molecule has 3 rings (SSSR count). The first-order valence-corrected chi connectivity index (χ1v) is 8.10. The van der Waals surface area contributed by atoms with Crippen LogP contribution < -0.4 is 4.90 Å². The molecule has 0 spiro atoms. The summed E-state index contributed by atoms with van der Waals surface area (Å²) in [7, 11) is 3.67. The fraction of sp³-hybridized carbons (Fsp3) is 0.389. The molecule has 0 unspecified atom stereocenters. The molecule has 1 saturated heterocycles. The van der Waals surface area contributed by atoms with Gasteiger partial charge in [-0.2, -0.15) is 10.4 Å². The van der Waals surface area contributed by atoms with Crippen molar-refractivity contribution in [3.05, 3.63) is 47.8 Å². The number of aromatic nitrogens is 2. The van der Waals surface area contributed by atoms with E-state index in [-0.39, 0.29) is 11.9 Å². The number of nitrogens with zero attached hydrogens (tertiary/aromatic N) is 5. The van der Waals surface area contributed by atoms with Crippen LogP contribution in [0.4, 0.5) is 5.69 Å². The van der Waals surface area contributed by atoms with E-state index < -0.39 is 0 Å². The molecule has 0 saturated carbocycles. The SMILES string of the molecule is CN(C(=O)c1ccn(C)n1)C1CCN(c2ccc(C#N)cc2)CC1. The molecule has 1 aliphatic rings. The van der Waals surface area contributed by atoms with Crippen LogP contribution in [0.1, 0.15) is 28.9 Å². The third kappa shape index (κ3) is 3.25. The molecule has 1 aromatic carbocycles. The zero-order valence-electron chi connectivity index (χ0n) is 14.0. The minimum atomic E-state index is -0.0209. The van der Waals surface area contributed by atoms with Crippen molar-refractivity contribution in [1.29, 1.82) is 5.26 Å². The van der Waals surface area contributed by atoms with Crippen LogP contribution in [0.15, 0.2) is 36.5 Å². The molecule has 0 radical (unpaired) electrons. The number of piperidine rings is 1. The molecule has 0 atom stereocenters. The number of nitriles is 1. The lowest BCUT2D eigenvalue weighted by atomic mass is 10.0. The number of benzene rings is 1. The zero-order valence-corrected chi connectivity index (χ0v) is 14.0. The summed E-state index contributed by atoms with van der Waals surface area (Å²) in [6.45, 7) is 1.80. The largest absolute Gasteiger partial charge is 0.371 e. The number of anilines is 1. The summed E-state index contributed by atoms with van der Waals surface area (Å²) in [6, 6.07) is 11.8. The number of amides is 1. The molecule has 2 aromatic rings. The second-order valence-electron chi connectivity index (χ2n) is 6.17. The van der Waals surface area contributed by atoms with E-state index in [1.54, 1.807) is 16.9 Å². The smallest absolute Gasteiger partial charge is 0.274 e. The molecule has 24 heavy (non-hydrogen) atoms. The van der Waals surface area contributed by atoms with Gasteiger partial charge in [-0.15, -0.1) is 0 Å². The van der Waals surface area contributed by atoms with Crippen LogP contribution in [-0.4, -0.2) is 46.8 Å². The van der Waals surface area contributed by atoms with Gasteiger partial charge in [-0.3, -0.25) is 9.48 Å². The zero-order chi connectivity index (χ0) is 17.1. The minimum Gasteiger partial charge on any atom is -0.371 e. The number of rotatable bonds is 3. The summed E-state index contributed by atoms with van der Waals surface area (Å²) in [5.74, 6) is -0.0209. The Balaban J connectivity index is 1.60. The van der Waals surface area contributed by atoms with E-state index in [4.69, 9.17) is 5.26 Å². The quantitative estimate of drug-likeness (QED) is 0.867. The van der Waals surface area contributed by atoms with Gasteiger partial charge in [-0.25, -0.2) is 0 Å². The van der Waals surface area contributed by atoms with Crippen LogP contribution >= 0.6 is 0 Å². The maximum absolute atomic E-state index is 12.5. The fourth-order valence-corrected chi connectivity index (χ4v) is 3.13. The van der Waals surface area contributed by atoms with Gasteiger partial charge in [-0.05, 0) is 43.2 Å². The molecule has 124 valence electrons. The van der Waals surface area contributed by atoms with E-state index in [1.807, 2.05) is 43.3 Å². The Labute approximate surface area is 141 Å². The highest BCUT2D eigenvalue weighted by molar-refractivity contribution is 5.92. The van der Waals surface area contributed by atoms with E-state index >= 15 is 0 Å². The molecule has 2 heterocycles. The average Bonchev–Trinajstić information content (AvgIpc) is 3.07. The lowest BCUT2D eigenvalue weighted by Crippen LogP contribution is -2.45. The molecule has 1 amide bonds. The van der Waals surface area contributed by atoms with Crippen molar-refractivity contribution < 1.29 is 4.79 Å². The molecular formula is C18H21N5O. The van der Waals surface area contributed by atoms with Gasteiger partial charge in [0.05, 0.1) is 11.6 Å². The van der Waals surface area contributed by atoms with E-state index in [2.05, 4.69) is 16.1 Å². The van der Waals surface area contributed by atoms with Gasteiger partial charge in [0.1, 0.15) is 5.69 Å². The predicted octanol–water partition coefficient (Wildman–Crippen LogP) is 2.03. The van der Waals surface area contributed by atoms with Crippen molar-refractivity contribution in [3.8, 4) is 6.07 Å². The summed E-state index contributed by atoms with van der Waals surface area (Å²) in [6.07, 6.45) is 3.64. The Morgan fingerprint density at radius 3 is 2.46 bits per heavy atom. The van der Waals surface area contributed by atoms with Gasteiger partial charge >= 0.3 is 0 Å². The van der Waals surface area contributed by atoms with Crippen LogP contribution in [0.25, 0.3) is 0 Å². The van der Waals surface area contributed by atoms with Gasteiger partial charge in [0, 0.05) is 45.1 Å².